The molecular formula is C15H20F2N2O2. The van der Waals surface area contributed by atoms with E-state index in [1.807, 2.05) is 0 Å². The Labute approximate surface area is 123 Å². The molecule has 1 N–H and O–H groups in total. The van der Waals surface area contributed by atoms with Crippen molar-refractivity contribution in [3.8, 4) is 5.75 Å². The summed E-state index contributed by atoms with van der Waals surface area (Å²) in [4.78, 5) is 14.0. The Balaban J connectivity index is 1.99. The number of piperidine rings is 1. The molecule has 2 atom stereocenters. The molecule has 2 amide bonds. The number of halogens is 2. The normalized spacial score (nSPS) is 22.2. The van der Waals surface area contributed by atoms with Gasteiger partial charge in [0.05, 0.1) is 0 Å². The van der Waals surface area contributed by atoms with Crippen LogP contribution < -0.4 is 10.1 Å². The third-order valence-corrected chi connectivity index (χ3v) is 3.47. The predicted molar refractivity (Wildman–Crippen MR) is 76.6 cm³/mol. The van der Waals surface area contributed by atoms with Gasteiger partial charge in [0, 0.05) is 24.8 Å². The summed E-state index contributed by atoms with van der Waals surface area (Å²) in [5.74, 6) is 0.962. The fraction of sp³-hybridized carbons (Fsp3) is 0.533. The molecule has 2 rings (SSSR count). The van der Waals surface area contributed by atoms with Gasteiger partial charge in [0.2, 0.25) is 0 Å². The van der Waals surface area contributed by atoms with E-state index in [0.29, 0.717) is 30.6 Å². The number of benzene rings is 1. The number of hydrogen-bond donors (Lipinski definition) is 1. The Bertz CT molecular complexity index is 486. The monoisotopic (exact) mass is 298 g/mol. The SMILES string of the molecule is C[C@@H]1C[C@H](C)CN(C(=O)Nc2cccc(OC(F)F)c2)C1. The van der Waals surface area contributed by atoms with Gasteiger partial charge in [-0.3, -0.25) is 0 Å². The Hall–Kier alpha value is -1.85. The molecule has 1 fully saturated rings. The van der Waals surface area contributed by atoms with Crippen molar-refractivity contribution < 1.29 is 18.3 Å². The molecule has 1 aromatic rings. The fourth-order valence-electron chi connectivity index (χ4n) is 2.78. The lowest BCUT2D eigenvalue weighted by atomic mass is 9.92. The third-order valence-electron chi connectivity index (χ3n) is 3.47. The summed E-state index contributed by atoms with van der Waals surface area (Å²) in [7, 11) is 0. The number of carbonyl (C=O) groups is 1. The number of anilines is 1. The molecule has 4 nitrogen and oxygen atoms in total. The molecule has 0 bridgehead atoms. The number of carbonyl (C=O) groups excluding carboxylic acids is 1. The van der Waals surface area contributed by atoms with Gasteiger partial charge in [-0.15, -0.1) is 0 Å². The lowest BCUT2D eigenvalue weighted by Crippen LogP contribution is -2.44. The molecular weight excluding hydrogens is 278 g/mol. The number of likely N-dealkylation sites (tertiary alicyclic amines) is 1. The quantitative estimate of drug-likeness (QED) is 0.922. The van der Waals surface area contributed by atoms with E-state index < -0.39 is 6.61 Å². The molecule has 0 saturated carbocycles. The van der Waals surface area contributed by atoms with Gasteiger partial charge in [0.15, 0.2) is 0 Å². The number of hydrogen-bond acceptors (Lipinski definition) is 2. The Morgan fingerprint density at radius 2 is 2.00 bits per heavy atom. The van der Waals surface area contributed by atoms with Crippen LogP contribution in [0.3, 0.4) is 0 Å². The van der Waals surface area contributed by atoms with Crippen LogP contribution in [0.15, 0.2) is 24.3 Å². The van der Waals surface area contributed by atoms with Gasteiger partial charge in [-0.25, -0.2) is 4.79 Å². The average Bonchev–Trinajstić information content (AvgIpc) is 2.37. The van der Waals surface area contributed by atoms with Gasteiger partial charge in [-0.05, 0) is 30.4 Å². The van der Waals surface area contributed by atoms with Gasteiger partial charge in [-0.2, -0.15) is 8.78 Å². The second kappa shape index (κ2) is 6.74. The number of nitrogens with zero attached hydrogens (tertiary/aromatic N) is 1. The van der Waals surface area contributed by atoms with E-state index in [0.717, 1.165) is 6.42 Å². The molecule has 1 aliphatic rings. The number of amides is 2. The van der Waals surface area contributed by atoms with Crippen LogP contribution in [0.5, 0.6) is 5.75 Å². The standard InChI is InChI=1S/C15H20F2N2O2/c1-10-6-11(2)9-19(8-10)15(20)18-12-4-3-5-13(7-12)21-14(16)17/h3-5,7,10-11,14H,6,8-9H2,1-2H3,(H,18,20)/t10-,11+. The topological polar surface area (TPSA) is 41.6 Å². The van der Waals surface area contributed by atoms with Crippen LogP contribution in [-0.4, -0.2) is 30.6 Å². The lowest BCUT2D eigenvalue weighted by molar-refractivity contribution is -0.0497. The van der Waals surface area contributed by atoms with Crippen LogP contribution in [0.2, 0.25) is 0 Å². The Kier molecular flexibility index (Phi) is 4.98. The van der Waals surface area contributed by atoms with Gasteiger partial charge >= 0.3 is 12.6 Å². The maximum atomic E-state index is 12.2. The molecule has 0 spiro atoms. The molecule has 0 aromatic heterocycles. The minimum atomic E-state index is -2.88. The predicted octanol–water partition coefficient (Wildman–Crippen LogP) is 3.80. The number of rotatable bonds is 3. The second-order valence-electron chi connectivity index (χ2n) is 5.69. The van der Waals surface area contributed by atoms with Crippen molar-refractivity contribution in [2.45, 2.75) is 26.9 Å². The summed E-state index contributed by atoms with van der Waals surface area (Å²) in [6.45, 7) is 2.78. The molecule has 0 unspecified atom stereocenters. The van der Waals surface area contributed by atoms with Gasteiger partial charge < -0.3 is 15.0 Å². The highest BCUT2D eigenvalue weighted by molar-refractivity contribution is 5.89. The van der Waals surface area contributed by atoms with Crippen molar-refractivity contribution >= 4 is 11.7 Å². The molecule has 1 saturated heterocycles. The van der Waals surface area contributed by atoms with Crippen LogP contribution in [0.25, 0.3) is 0 Å². The van der Waals surface area contributed by atoms with Crippen molar-refractivity contribution in [1.29, 1.82) is 0 Å². The molecule has 0 radical (unpaired) electrons. The van der Waals surface area contributed by atoms with Crippen LogP contribution in [0.4, 0.5) is 19.3 Å². The highest BCUT2D eigenvalue weighted by Crippen LogP contribution is 2.23. The maximum absolute atomic E-state index is 12.2. The van der Waals surface area contributed by atoms with Gasteiger partial charge in [0.25, 0.3) is 0 Å². The van der Waals surface area contributed by atoms with Crippen LogP contribution in [0, 0.1) is 11.8 Å². The molecule has 6 heteroatoms. The first-order valence-electron chi connectivity index (χ1n) is 7.05. The zero-order valence-corrected chi connectivity index (χ0v) is 12.2. The summed E-state index contributed by atoms with van der Waals surface area (Å²) >= 11 is 0. The third kappa shape index (κ3) is 4.58. The number of ether oxygens (including phenoxy) is 1. The summed E-state index contributed by atoms with van der Waals surface area (Å²) in [6, 6.07) is 5.82. The Morgan fingerprint density at radius 1 is 1.33 bits per heavy atom. The van der Waals surface area contributed by atoms with Crippen molar-refractivity contribution in [3.05, 3.63) is 24.3 Å². The summed E-state index contributed by atoms with van der Waals surface area (Å²) < 4.78 is 28.7. The van der Waals surface area contributed by atoms with E-state index in [2.05, 4.69) is 23.9 Å². The van der Waals surface area contributed by atoms with Crippen LogP contribution in [0.1, 0.15) is 20.3 Å². The fourth-order valence-corrected chi connectivity index (χ4v) is 2.78. The van der Waals surface area contributed by atoms with Crippen molar-refractivity contribution in [1.82, 2.24) is 4.90 Å². The molecule has 1 heterocycles. The first-order valence-corrected chi connectivity index (χ1v) is 7.05. The molecule has 21 heavy (non-hydrogen) atoms. The zero-order valence-electron chi connectivity index (χ0n) is 12.2. The van der Waals surface area contributed by atoms with Crippen molar-refractivity contribution in [3.63, 3.8) is 0 Å². The Morgan fingerprint density at radius 3 is 2.62 bits per heavy atom. The minimum absolute atomic E-state index is 0.0307. The number of nitrogens with one attached hydrogen (secondary N) is 1. The second-order valence-corrected chi connectivity index (χ2v) is 5.69. The van der Waals surface area contributed by atoms with E-state index in [9.17, 15) is 13.6 Å². The number of urea groups is 1. The van der Waals surface area contributed by atoms with Crippen LogP contribution in [-0.2, 0) is 0 Å². The van der Waals surface area contributed by atoms with E-state index in [4.69, 9.17) is 0 Å². The summed E-state index contributed by atoms with van der Waals surface area (Å²) in [5, 5.41) is 2.73. The molecule has 116 valence electrons. The molecule has 0 aliphatic carbocycles. The van der Waals surface area contributed by atoms with Crippen molar-refractivity contribution in [2.24, 2.45) is 11.8 Å². The van der Waals surface area contributed by atoms with E-state index in [1.54, 1.807) is 17.0 Å². The highest BCUT2D eigenvalue weighted by atomic mass is 19.3. The van der Waals surface area contributed by atoms with E-state index >= 15 is 0 Å². The highest BCUT2D eigenvalue weighted by Gasteiger charge is 2.25. The minimum Gasteiger partial charge on any atom is -0.435 e. The van der Waals surface area contributed by atoms with Gasteiger partial charge in [0.1, 0.15) is 5.75 Å². The first kappa shape index (κ1) is 15.5. The largest absolute Gasteiger partial charge is 0.435 e. The zero-order chi connectivity index (χ0) is 15.4. The molecule has 1 aromatic carbocycles. The summed E-state index contributed by atoms with van der Waals surface area (Å²) in [6.07, 6.45) is 1.11. The maximum Gasteiger partial charge on any atom is 0.387 e. The summed E-state index contributed by atoms with van der Waals surface area (Å²) in [5.41, 5.74) is 0.448. The first-order chi connectivity index (χ1) is 9.94. The van der Waals surface area contributed by atoms with Crippen LogP contribution >= 0.6 is 0 Å². The average molecular weight is 298 g/mol. The number of alkyl halides is 2. The smallest absolute Gasteiger partial charge is 0.387 e. The lowest BCUT2D eigenvalue weighted by Gasteiger charge is -2.34. The van der Waals surface area contributed by atoms with Crippen molar-refractivity contribution in [2.75, 3.05) is 18.4 Å². The van der Waals surface area contributed by atoms with Gasteiger partial charge in [-0.1, -0.05) is 19.9 Å². The van der Waals surface area contributed by atoms with E-state index in [-0.39, 0.29) is 11.8 Å². The molecule has 1 aliphatic heterocycles. The van der Waals surface area contributed by atoms with E-state index in [1.165, 1.54) is 12.1 Å².